The second-order valence-corrected chi connectivity index (χ2v) is 6.50. The molecule has 132 valence electrons. The maximum absolute atomic E-state index is 12.4. The van der Waals surface area contributed by atoms with Crippen LogP contribution in [0.25, 0.3) is 0 Å². The number of nitrogens with one attached hydrogen (secondary N) is 1. The summed E-state index contributed by atoms with van der Waals surface area (Å²) >= 11 is 3.28. The average Bonchev–Trinajstić information content (AvgIpc) is 2.87. The van der Waals surface area contributed by atoms with Crippen LogP contribution in [0, 0.1) is 0 Å². The van der Waals surface area contributed by atoms with E-state index < -0.39 is 36.6 Å². The average molecular weight is 409 g/mol. The number of benzene rings is 1. The number of hydrogen-bond acceptors (Lipinski definition) is 3. The molecule has 0 aromatic heterocycles. The molecule has 2 amide bonds. The molecular weight excluding hydrogens is 393 g/mol. The van der Waals surface area contributed by atoms with E-state index in [-0.39, 0.29) is 19.5 Å². The summed E-state index contributed by atoms with van der Waals surface area (Å²) in [6.07, 6.45) is -7.37. The van der Waals surface area contributed by atoms with E-state index in [4.69, 9.17) is 0 Å². The Morgan fingerprint density at radius 1 is 1.29 bits per heavy atom. The molecule has 0 aliphatic carbocycles. The summed E-state index contributed by atoms with van der Waals surface area (Å²) in [5.41, 5.74) is 0.804. The molecular formula is C15H16BrF3N2O3. The molecule has 0 spiro atoms. The summed E-state index contributed by atoms with van der Waals surface area (Å²) in [7, 11) is 0. The third-order valence-corrected chi connectivity index (χ3v) is 4.16. The molecule has 2 atom stereocenters. The van der Waals surface area contributed by atoms with Crippen molar-refractivity contribution < 1.29 is 27.9 Å². The van der Waals surface area contributed by atoms with E-state index in [0.29, 0.717) is 0 Å². The fraction of sp³-hybridized carbons (Fsp3) is 0.467. The Hall–Kier alpha value is -1.61. The summed E-state index contributed by atoms with van der Waals surface area (Å²) in [6, 6.07) is 6.05. The molecule has 1 aromatic rings. The number of carbonyl (C=O) groups excluding carboxylic acids is 2. The number of halogens is 4. The van der Waals surface area contributed by atoms with Crippen LogP contribution in [0.4, 0.5) is 13.2 Å². The first-order valence-corrected chi connectivity index (χ1v) is 8.01. The lowest BCUT2D eigenvalue weighted by molar-refractivity contribution is -0.163. The van der Waals surface area contributed by atoms with Gasteiger partial charge in [0.25, 0.3) is 0 Å². The van der Waals surface area contributed by atoms with Gasteiger partial charge in [-0.25, -0.2) is 0 Å². The van der Waals surface area contributed by atoms with Crippen molar-refractivity contribution >= 4 is 27.7 Å². The Kier molecular flexibility index (Phi) is 5.87. The van der Waals surface area contributed by atoms with Crippen molar-refractivity contribution in [3.05, 3.63) is 34.3 Å². The van der Waals surface area contributed by atoms with E-state index >= 15 is 0 Å². The van der Waals surface area contributed by atoms with Crippen molar-refractivity contribution in [3.63, 3.8) is 0 Å². The van der Waals surface area contributed by atoms with Crippen molar-refractivity contribution in [3.8, 4) is 0 Å². The number of carbonyl (C=O) groups is 2. The van der Waals surface area contributed by atoms with E-state index in [2.05, 4.69) is 21.2 Å². The zero-order valence-electron chi connectivity index (χ0n) is 12.5. The normalized spacial score (nSPS) is 21.0. The smallest absolute Gasteiger partial charge is 0.391 e. The minimum atomic E-state index is -4.65. The van der Waals surface area contributed by atoms with Gasteiger partial charge in [-0.05, 0) is 17.7 Å². The zero-order valence-corrected chi connectivity index (χ0v) is 14.1. The highest BCUT2D eigenvalue weighted by Crippen LogP contribution is 2.25. The van der Waals surface area contributed by atoms with Gasteiger partial charge in [0.15, 0.2) is 0 Å². The molecule has 2 N–H and O–H groups in total. The monoisotopic (exact) mass is 408 g/mol. The number of rotatable bonds is 4. The first-order valence-electron chi connectivity index (χ1n) is 7.22. The quantitative estimate of drug-likeness (QED) is 0.800. The highest BCUT2D eigenvalue weighted by atomic mass is 79.9. The van der Waals surface area contributed by atoms with Gasteiger partial charge < -0.3 is 15.3 Å². The van der Waals surface area contributed by atoms with Gasteiger partial charge in [0.05, 0.1) is 6.10 Å². The second kappa shape index (κ2) is 7.52. The van der Waals surface area contributed by atoms with Gasteiger partial charge in [-0.3, -0.25) is 9.59 Å². The zero-order chi connectivity index (χ0) is 17.9. The van der Waals surface area contributed by atoms with E-state index in [1.165, 1.54) is 0 Å². The summed E-state index contributed by atoms with van der Waals surface area (Å²) in [5.74, 6) is -1.78. The minimum Gasteiger partial charge on any atom is -0.391 e. The number of aliphatic hydroxyl groups excluding tert-OH is 1. The van der Waals surface area contributed by atoms with Crippen LogP contribution in [-0.4, -0.2) is 46.7 Å². The van der Waals surface area contributed by atoms with E-state index in [1.54, 1.807) is 24.3 Å². The van der Waals surface area contributed by atoms with Crippen LogP contribution in [0.2, 0.25) is 0 Å². The minimum absolute atomic E-state index is 0.0736. The number of nitrogens with zero attached hydrogens (tertiary/aromatic N) is 1. The number of likely N-dealkylation sites (tertiary alicyclic amines) is 1. The van der Waals surface area contributed by atoms with Crippen molar-refractivity contribution in [2.24, 2.45) is 0 Å². The number of hydrogen-bond donors (Lipinski definition) is 2. The largest absolute Gasteiger partial charge is 0.397 e. The van der Waals surface area contributed by atoms with Crippen molar-refractivity contribution in [1.29, 1.82) is 0 Å². The molecule has 2 rings (SSSR count). The summed E-state index contributed by atoms with van der Waals surface area (Å²) in [5, 5.41) is 12.2. The molecule has 1 aliphatic rings. The first kappa shape index (κ1) is 18.7. The van der Waals surface area contributed by atoms with Crippen LogP contribution in [0.15, 0.2) is 28.7 Å². The molecule has 1 aliphatic heterocycles. The number of amides is 2. The van der Waals surface area contributed by atoms with E-state index in [9.17, 15) is 27.9 Å². The van der Waals surface area contributed by atoms with Crippen LogP contribution in [-0.2, 0) is 16.1 Å². The van der Waals surface area contributed by atoms with Gasteiger partial charge >= 0.3 is 6.18 Å². The Morgan fingerprint density at radius 2 is 1.92 bits per heavy atom. The molecule has 5 nitrogen and oxygen atoms in total. The standard InChI is InChI=1S/C15H16BrF3N2O3/c16-10-3-1-9(2-4-10)7-20-14(24)12-5-11(22)8-21(12)13(23)6-15(17,18)19/h1-4,11-12,22H,5-8H2,(H,20,24)/t11-,12+/m1/s1. The third-order valence-electron chi connectivity index (χ3n) is 3.63. The summed E-state index contributed by atoms with van der Waals surface area (Å²) in [6.45, 7) is -0.0920. The van der Waals surface area contributed by atoms with Gasteiger partial charge in [0, 0.05) is 24.0 Å². The topological polar surface area (TPSA) is 69.6 Å². The molecule has 9 heteroatoms. The molecule has 1 fully saturated rings. The second-order valence-electron chi connectivity index (χ2n) is 5.59. The van der Waals surface area contributed by atoms with Crippen LogP contribution in [0.3, 0.4) is 0 Å². The Bertz CT molecular complexity index is 607. The maximum Gasteiger partial charge on any atom is 0.397 e. The molecule has 0 bridgehead atoms. The fourth-order valence-electron chi connectivity index (χ4n) is 2.52. The van der Waals surface area contributed by atoms with Gasteiger partial charge in [-0.2, -0.15) is 13.2 Å². The van der Waals surface area contributed by atoms with Crippen LogP contribution in [0.1, 0.15) is 18.4 Å². The molecule has 0 unspecified atom stereocenters. The van der Waals surface area contributed by atoms with E-state index in [0.717, 1.165) is 14.9 Å². The van der Waals surface area contributed by atoms with Crippen molar-refractivity contribution in [1.82, 2.24) is 10.2 Å². The highest BCUT2D eigenvalue weighted by molar-refractivity contribution is 9.10. The summed E-state index contributed by atoms with van der Waals surface area (Å²) in [4.78, 5) is 24.7. The van der Waals surface area contributed by atoms with Crippen LogP contribution < -0.4 is 5.32 Å². The SMILES string of the molecule is O=C(NCc1ccc(Br)cc1)[C@@H]1C[C@@H](O)CN1C(=O)CC(F)(F)F. The number of alkyl halides is 3. The highest BCUT2D eigenvalue weighted by Gasteiger charge is 2.42. The Labute approximate surface area is 145 Å². The molecule has 1 heterocycles. The lowest BCUT2D eigenvalue weighted by Gasteiger charge is -2.24. The van der Waals surface area contributed by atoms with Gasteiger partial charge in [0.1, 0.15) is 12.5 Å². The Morgan fingerprint density at radius 3 is 2.50 bits per heavy atom. The van der Waals surface area contributed by atoms with Crippen LogP contribution >= 0.6 is 15.9 Å². The fourth-order valence-corrected chi connectivity index (χ4v) is 2.78. The predicted molar refractivity (Wildman–Crippen MR) is 82.8 cm³/mol. The first-order chi connectivity index (χ1) is 11.2. The van der Waals surface area contributed by atoms with E-state index in [1.807, 2.05) is 0 Å². The van der Waals surface area contributed by atoms with Gasteiger partial charge in [0.2, 0.25) is 11.8 Å². The van der Waals surface area contributed by atoms with Gasteiger partial charge in [-0.1, -0.05) is 28.1 Å². The number of aliphatic hydroxyl groups is 1. The third kappa shape index (κ3) is 5.20. The molecule has 0 radical (unpaired) electrons. The molecule has 1 saturated heterocycles. The Balaban J connectivity index is 1.98. The molecule has 1 aromatic carbocycles. The predicted octanol–water partition coefficient (Wildman–Crippen LogP) is 1.98. The summed E-state index contributed by atoms with van der Waals surface area (Å²) < 4.78 is 38.0. The lowest BCUT2D eigenvalue weighted by Crippen LogP contribution is -2.46. The number of β-amino-alcohol motifs (C(OH)–C–C–N with tert-alkyl or cyclic N) is 1. The van der Waals surface area contributed by atoms with Gasteiger partial charge in [-0.15, -0.1) is 0 Å². The molecule has 0 saturated carbocycles. The lowest BCUT2D eigenvalue weighted by atomic mass is 10.1. The maximum atomic E-state index is 12.4. The van der Waals surface area contributed by atoms with Crippen molar-refractivity contribution in [2.75, 3.05) is 6.54 Å². The van der Waals surface area contributed by atoms with Crippen molar-refractivity contribution in [2.45, 2.75) is 37.7 Å². The molecule has 24 heavy (non-hydrogen) atoms. The van der Waals surface area contributed by atoms with Crippen LogP contribution in [0.5, 0.6) is 0 Å².